The third-order valence-corrected chi connectivity index (χ3v) is 2.54. The van der Waals surface area contributed by atoms with Gasteiger partial charge in [-0.2, -0.15) is 0 Å². The summed E-state index contributed by atoms with van der Waals surface area (Å²) < 4.78 is 5.56. The molecule has 1 aromatic heterocycles. The predicted octanol–water partition coefficient (Wildman–Crippen LogP) is 3.23. The lowest BCUT2D eigenvalue weighted by molar-refractivity contribution is 0.0696. The van der Waals surface area contributed by atoms with Crippen molar-refractivity contribution in [1.29, 1.82) is 0 Å². The Morgan fingerprint density at radius 3 is 2.42 bits per heavy atom. The third-order valence-electron chi connectivity index (χ3n) is 2.54. The van der Waals surface area contributed by atoms with Gasteiger partial charge in [0.2, 0.25) is 0 Å². The molecule has 4 nitrogen and oxygen atoms in total. The Bertz CT molecular complexity index is 576. The van der Waals surface area contributed by atoms with E-state index in [1.165, 1.54) is 6.20 Å². The molecule has 4 heteroatoms. The lowest BCUT2D eigenvalue weighted by Crippen LogP contribution is -2.05. The Kier molecular flexibility index (Phi) is 3.80. The van der Waals surface area contributed by atoms with Crippen LogP contribution in [0.15, 0.2) is 42.7 Å². The van der Waals surface area contributed by atoms with Crippen LogP contribution in [-0.2, 0) is 0 Å². The van der Waals surface area contributed by atoms with Crippen molar-refractivity contribution < 1.29 is 14.6 Å². The number of aromatic nitrogens is 1. The van der Waals surface area contributed by atoms with Crippen LogP contribution in [-0.4, -0.2) is 22.2 Å². The van der Waals surface area contributed by atoms with Crippen LogP contribution < -0.4 is 4.74 Å². The molecule has 0 spiro atoms. The highest BCUT2D eigenvalue weighted by molar-refractivity contribution is 5.88. The van der Waals surface area contributed by atoms with Crippen LogP contribution in [0.1, 0.15) is 24.2 Å². The van der Waals surface area contributed by atoms with E-state index in [2.05, 4.69) is 4.98 Å². The second-order valence-electron chi connectivity index (χ2n) is 4.46. The normalized spacial score (nSPS) is 10.5. The lowest BCUT2D eigenvalue weighted by Gasteiger charge is -2.10. The Labute approximate surface area is 111 Å². The maximum Gasteiger partial charge on any atom is 0.337 e. The second kappa shape index (κ2) is 5.52. The molecule has 0 aliphatic rings. The average molecular weight is 257 g/mol. The molecule has 0 aliphatic carbocycles. The predicted molar refractivity (Wildman–Crippen MR) is 72.4 cm³/mol. The van der Waals surface area contributed by atoms with E-state index in [0.29, 0.717) is 0 Å². The summed E-state index contributed by atoms with van der Waals surface area (Å²) in [6.45, 7) is 3.93. The molecule has 0 bridgehead atoms. The molecular weight excluding hydrogens is 242 g/mol. The maximum atomic E-state index is 10.9. The van der Waals surface area contributed by atoms with Gasteiger partial charge in [0.25, 0.3) is 0 Å². The molecule has 2 rings (SSSR count). The zero-order valence-corrected chi connectivity index (χ0v) is 10.8. The molecule has 0 atom stereocenters. The van der Waals surface area contributed by atoms with Gasteiger partial charge in [0, 0.05) is 18.0 Å². The monoisotopic (exact) mass is 257 g/mol. The lowest BCUT2D eigenvalue weighted by atomic mass is 10.1. The minimum atomic E-state index is -0.978. The van der Waals surface area contributed by atoms with Gasteiger partial charge < -0.3 is 9.84 Å². The highest BCUT2D eigenvalue weighted by Crippen LogP contribution is 2.23. The Morgan fingerprint density at radius 2 is 1.84 bits per heavy atom. The van der Waals surface area contributed by atoms with E-state index in [0.717, 1.165) is 16.9 Å². The molecule has 98 valence electrons. The summed E-state index contributed by atoms with van der Waals surface area (Å²) in [5.74, 6) is -0.185. The van der Waals surface area contributed by atoms with Crippen LogP contribution in [0.4, 0.5) is 0 Å². The fraction of sp³-hybridized carbons (Fsp3) is 0.200. The largest absolute Gasteiger partial charge is 0.491 e. The van der Waals surface area contributed by atoms with Crippen LogP contribution in [0.3, 0.4) is 0 Å². The SMILES string of the molecule is CC(C)Oc1ccc(-c2cncc(C(=O)O)c2)cc1. The Morgan fingerprint density at radius 1 is 1.16 bits per heavy atom. The van der Waals surface area contributed by atoms with Crippen LogP contribution in [0.2, 0.25) is 0 Å². The van der Waals surface area contributed by atoms with E-state index in [-0.39, 0.29) is 11.7 Å². The van der Waals surface area contributed by atoms with Gasteiger partial charge in [-0.15, -0.1) is 0 Å². The van der Waals surface area contributed by atoms with E-state index >= 15 is 0 Å². The first-order chi connectivity index (χ1) is 9.06. The number of benzene rings is 1. The number of hydrogen-bond acceptors (Lipinski definition) is 3. The van der Waals surface area contributed by atoms with Gasteiger partial charge in [0.1, 0.15) is 5.75 Å². The summed E-state index contributed by atoms with van der Waals surface area (Å²) in [5, 5.41) is 8.94. The first-order valence-electron chi connectivity index (χ1n) is 6.01. The zero-order valence-electron chi connectivity index (χ0n) is 10.8. The second-order valence-corrected chi connectivity index (χ2v) is 4.46. The number of hydrogen-bond donors (Lipinski definition) is 1. The topological polar surface area (TPSA) is 59.4 Å². The number of carbonyl (C=O) groups is 1. The Hall–Kier alpha value is -2.36. The molecule has 0 fully saturated rings. The molecule has 0 aliphatic heterocycles. The minimum absolute atomic E-state index is 0.128. The van der Waals surface area contributed by atoms with Gasteiger partial charge in [0.05, 0.1) is 11.7 Å². The summed E-state index contributed by atoms with van der Waals surface area (Å²) in [5.41, 5.74) is 1.86. The molecule has 1 aromatic carbocycles. The van der Waals surface area contributed by atoms with Crippen molar-refractivity contribution in [2.45, 2.75) is 20.0 Å². The number of carboxylic acids is 1. The van der Waals surface area contributed by atoms with Crippen molar-refractivity contribution >= 4 is 5.97 Å². The molecule has 0 saturated heterocycles. The standard InChI is InChI=1S/C15H15NO3/c1-10(2)19-14-5-3-11(4-6-14)12-7-13(15(17)18)9-16-8-12/h3-10H,1-2H3,(H,17,18). The fourth-order valence-electron chi connectivity index (χ4n) is 1.71. The van der Waals surface area contributed by atoms with Gasteiger partial charge >= 0.3 is 5.97 Å². The van der Waals surface area contributed by atoms with Gasteiger partial charge in [-0.1, -0.05) is 12.1 Å². The van der Waals surface area contributed by atoms with Gasteiger partial charge in [0.15, 0.2) is 0 Å². The first-order valence-corrected chi connectivity index (χ1v) is 6.01. The molecule has 1 N–H and O–H groups in total. The average Bonchev–Trinajstić information content (AvgIpc) is 2.39. The smallest absolute Gasteiger partial charge is 0.337 e. The number of nitrogens with zero attached hydrogens (tertiary/aromatic N) is 1. The molecular formula is C15H15NO3. The fourth-order valence-corrected chi connectivity index (χ4v) is 1.71. The molecule has 2 aromatic rings. The number of pyridine rings is 1. The van der Waals surface area contributed by atoms with Gasteiger partial charge in [-0.05, 0) is 37.6 Å². The van der Waals surface area contributed by atoms with Crippen LogP contribution in [0, 0.1) is 0 Å². The van der Waals surface area contributed by atoms with Crippen molar-refractivity contribution in [3.63, 3.8) is 0 Å². The van der Waals surface area contributed by atoms with E-state index < -0.39 is 5.97 Å². The van der Waals surface area contributed by atoms with Crippen LogP contribution >= 0.6 is 0 Å². The highest BCUT2D eigenvalue weighted by atomic mass is 16.5. The van der Waals surface area contributed by atoms with Crippen LogP contribution in [0.5, 0.6) is 5.75 Å². The minimum Gasteiger partial charge on any atom is -0.491 e. The summed E-state index contributed by atoms with van der Waals surface area (Å²) in [4.78, 5) is 14.8. The van der Waals surface area contributed by atoms with Crippen LogP contribution in [0.25, 0.3) is 11.1 Å². The van der Waals surface area contributed by atoms with Crippen molar-refractivity contribution in [2.75, 3.05) is 0 Å². The summed E-state index contributed by atoms with van der Waals surface area (Å²) in [7, 11) is 0. The summed E-state index contributed by atoms with van der Waals surface area (Å²) in [6, 6.07) is 9.11. The van der Waals surface area contributed by atoms with Gasteiger partial charge in [-0.25, -0.2) is 4.79 Å². The maximum absolute atomic E-state index is 10.9. The molecule has 0 saturated carbocycles. The van der Waals surface area contributed by atoms with E-state index in [4.69, 9.17) is 9.84 Å². The van der Waals surface area contributed by atoms with Crippen molar-refractivity contribution in [3.05, 3.63) is 48.3 Å². The molecule has 0 amide bonds. The van der Waals surface area contributed by atoms with E-state index in [1.54, 1.807) is 12.3 Å². The quantitative estimate of drug-likeness (QED) is 0.913. The summed E-state index contributed by atoms with van der Waals surface area (Å²) in [6.07, 6.45) is 3.11. The molecule has 0 unspecified atom stereocenters. The Balaban J connectivity index is 2.27. The van der Waals surface area contributed by atoms with Gasteiger partial charge in [-0.3, -0.25) is 4.98 Å². The first kappa shape index (κ1) is 13.1. The molecule has 1 heterocycles. The van der Waals surface area contributed by atoms with E-state index in [9.17, 15) is 4.79 Å². The van der Waals surface area contributed by atoms with Crippen molar-refractivity contribution in [1.82, 2.24) is 4.98 Å². The summed E-state index contributed by atoms with van der Waals surface area (Å²) >= 11 is 0. The number of ether oxygens (including phenoxy) is 1. The number of carboxylic acid groups (broad SMARTS) is 1. The third kappa shape index (κ3) is 3.31. The zero-order chi connectivity index (χ0) is 13.8. The van der Waals surface area contributed by atoms with E-state index in [1.807, 2.05) is 38.1 Å². The number of aromatic carboxylic acids is 1. The van der Waals surface area contributed by atoms with Crippen molar-refractivity contribution in [3.8, 4) is 16.9 Å². The molecule has 19 heavy (non-hydrogen) atoms. The highest BCUT2D eigenvalue weighted by Gasteiger charge is 2.06. The number of rotatable bonds is 4. The van der Waals surface area contributed by atoms with Crippen molar-refractivity contribution in [2.24, 2.45) is 0 Å². The molecule has 0 radical (unpaired) electrons.